The Morgan fingerprint density at radius 1 is 1.85 bits per heavy atom. The number of hydrogen-bond donors (Lipinski definition) is 2. The van der Waals surface area contributed by atoms with E-state index in [1.807, 2.05) is 6.92 Å². The quantitative estimate of drug-likeness (QED) is 0.599. The molecule has 0 fully saturated rings. The van der Waals surface area contributed by atoms with Crippen LogP contribution < -0.4 is 0 Å². The lowest BCUT2D eigenvalue weighted by atomic mass is 10.4. The van der Waals surface area contributed by atoms with Crippen LogP contribution in [-0.2, 0) is 7.05 Å². The molecule has 0 bridgehead atoms. The number of aromatic nitrogens is 2. The van der Waals surface area contributed by atoms with Crippen LogP contribution in [-0.4, -0.2) is 20.6 Å². The molecule has 13 heavy (non-hydrogen) atoms. The van der Waals surface area contributed by atoms with Crippen molar-refractivity contribution in [1.29, 1.82) is 0 Å². The van der Waals surface area contributed by atoms with Gasteiger partial charge in [-0.25, -0.2) is 9.78 Å². The Labute approximate surface area is 85.2 Å². The van der Waals surface area contributed by atoms with E-state index in [1.165, 1.54) is 17.0 Å². The molecule has 72 valence electrons. The number of carboxylic acids is 1. The highest BCUT2D eigenvalue weighted by Gasteiger charge is 2.16. The van der Waals surface area contributed by atoms with Crippen LogP contribution in [0.2, 0.25) is 0 Å². The predicted octanol–water partition coefficient (Wildman–Crippen LogP) is 1.76. The van der Waals surface area contributed by atoms with Crippen LogP contribution in [0, 0.1) is 0 Å². The van der Waals surface area contributed by atoms with E-state index in [1.54, 1.807) is 11.6 Å². The lowest BCUT2D eigenvalue weighted by molar-refractivity contribution is 0.0686. The van der Waals surface area contributed by atoms with E-state index in [-0.39, 0.29) is 10.9 Å². The lowest BCUT2D eigenvalue weighted by Crippen LogP contribution is -2.07. The topological polar surface area (TPSA) is 55.1 Å². The summed E-state index contributed by atoms with van der Waals surface area (Å²) in [6.45, 7) is 1.92. The number of nitrogens with zero attached hydrogens (tertiary/aromatic N) is 2. The third kappa shape index (κ3) is 2.00. The maximum atomic E-state index is 10.7. The molecule has 1 atom stereocenters. The van der Waals surface area contributed by atoms with Crippen LogP contribution in [0.25, 0.3) is 0 Å². The Bertz CT molecular complexity index is 324. The number of aromatic carboxylic acids is 1. The van der Waals surface area contributed by atoms with Crippen molar-refractivity contribution >= 4 is 28.4 Å². The first-order valence-corrected chi connectivity index (χ1v) is 5.56. The molecule has 4 nitrogen and oxygen atoms in total. The van der Waals surface area contributed by atoms with Crippen LogP contribution in [0.5, 0.6) is 0 Å². The van der Waals surface area contributed by atoms with Gasteiger partial charge in [-0.3, -0.25) is 0 Å². The third-order valence-electron chi connectivity index (χ3n) is 1.76. The second-order valence-electron chi connectivity index (χ2n) is 2.61. The monoisotopic (exact) mass is 218 g/mol. The fourth-order valence-corrected chi connectivity index (χ4v) is 1.64. The fraction of sp³-hybridized carbons (Fsp3) is 0.429. The molecule has 1 heterocycles. The first-order chi connectivity index (χ1) is 6.07. The van der Waals surface area contributed by atoms with Gasteiger partial charge in [-0.05, 0) is 6.92 Å². The van der Waals surface area contributed by atoms with Gasteiger partial charge in [-0.1, -0.05) is 10.8 Å². The van der Waals surface area contributed by atoms with Gasteiger partial charge in [0.05, 0.1) is 11.4 Å². The van der Waals surface area contributed by atoms with Gasteiger partial charge in [0, 0.05) is 7.05 Å². The van der Waals surface area contributed by atoms with Gasteiger partial charge in [0.15, 0.2) is 0 Å². The molecule has 1 aromatic heterocycles. The average Bonchev–Trinajstić information content (AvgIpc) is 2.46. The average molecular weight is 218 g/mol. The molecule has 1 unspecified atom stereocenters. The summed E-state index contributed by atoms with van der Waals surface area (Å²) in [6, 6.07) is 0. The van der Waals surface area contributed by atoms with Crippen LogP contribution >= 0.6 is 22.5 Å². The lowest BCUT2D eigenvalue weighted by Gasteiger charge is -2.07. The van der Waals surface area contributed by atoms with Crippen molar-refractivity contribution < 1.29 is 9.90 Å². The van der Waals surface area contributed by atoms with Crippen LogP contribution in [0.15, 0.2) is 6.20 Å². The molecule has 0 aromatic carbocycles. The molecule has 0 saturated carbocycles. The Kier molecular flexibility index (Phi) is 3.27. The van der Waals surface area contributed by atoms with Gasteiger partial charge in [0.1, 0.15) is 11.5 Å². The maximum absolute atomic E-state index is 10.7. The van der Waals surface area contributed by atoms with Gasteiger partial charge in [-0.2, -0.15) is 0 Å². The summed E-state index contributed by atoms with van der Waals surface area (Å²) in [5, 5.41) is 8.83. The highest BCUT2D eigenvalue weighted by molar-refractivity contribution is 8.68. The zero-order valence-corrected chi connectivity index (χ0v) is 8.97. The Morgan fingerprint density at radius 3 is 2.85 bits per heavy atom. The largest absolute Gasteiger partial charge is 0.477 e. The molecule has 1 rings (SSSR count). The van der Waals surface area contributed by atoms with Crippen molar-refractivity contribution in [3.8, 4) is 0 Å². The zero-order valence-electron chi connectivity index (χ0n) is 7.26. The van der Waals surface area contributed by atoms with Crippen molar-refractivity contribution in [2.45, 2.75) is 12.2 Å². The minimum atomic E-state index is -0.961. The van der Waals surface area contributed by atoms with E-state index in [0.717, 1.165) is 5.82 Å². The Morgan fingerprint density at radius 2 is 2.46 bits per heavy atom. The standard InChI is InChI=1S/C7H10N2O2S2/c1-4(13-12)6-8-3-5(7(10)11)9(6)2/h3-4,12H,1-2H3,(H,10,11). The molecule has 0 aliphatic rings. The highest BCUT2D eigenvalue weighted by Crippen LogP contribution is 2.29. The molecule has 0 saturated heterocycles. The number of carbonyl (C=O) groups is 1. The summed E-state index contributed by atoms with van der Waals surface area (Å²) in [5.41, 5.74) is 0.198. The molecular weight excluding hydrogens is 208 g/mol. The molecule has 1 N–H and O–H groups in total. The predicted molar refractivity (Wildman–Crippen MR) is 55.2 cm³/mol. The maximum Gasteiger partial charge on any atom is 0.354 e. The molecule has 0 aliphatic carbocycles. The van der Waals surface area contributed by atoms with Gasteiger partial charge >= 0.3 is 5.97 Å². The van der Waals surface area contributed by atoms with Gasteiger partial charge in [-0.15, -0.1) is 11.7 Å². The summed E-state index contributed by atoms with van der Waals surface area (Å²) in [5.74, 6) is -0.241. The number of rotatable bonds is 3. The van der Waals surface area contributed by atoms with Crippen molar-refractivity contribution in [2.75, 3.05) is 0 Å². The SMILES string of the molecule is CC(SS)c1ncc(C(=O)O)n1C. The van der Waals surface area contributed by atoms with Crippen molar-refractivity contribution in [3.63, 3.8) is 0 Å². The molecular formula is C7H10N2O2S2. The number of thiol groups is 1. The van der Waals surface area contributed by atoms with E-state index in [4.69, 9.17) is 5.11 Å². The molecule has 0 spiro atoms. The van der Waals surface area contributed by atoms with E-state index < -0.39 is 5.97 Å². The summed E-state index contributed by atoms with van der Waals surface area (Å²) < 4.78 is 1.57. The molecule has 1 aromatic rings. The Hall–Kier alpha value is -0.620. The van der Waals surface area contributed by atoms with Crippen LogP contribution in [0.4, 0.5) is 0 Å². The first kappa shape index (κ1) is 10.5. The van der Waals surface area contributed by atoms with Crippen LogP contribution in [0.3, 0.4) is 0 Å². The number of carboxylic acid groups (broad SMARTS) is 1. The summed E-state index contributed by atoms with van der Waals surface area (Å²) in [6.07, 6.45) is 1.36. The van der Waals surface area contributed by atoms with Gasteiger partial charge in [0.2, 0.25) is 0 Å². The van der Waals surface area contributed by atoms with Crippen molar-refractivity contribution in [2.24, 2.45) is 7.05 Å². The zero-order chi connectivity index (χ0) is 10.0. The van der Waals surface area contributed by atoms with Gasteiger partial charge < -0.3 is 9.67 Å². The van der Waals surface area contributed by atoms with E-state index >= 15 is 0 Å². The summed E-state index contributed by atoms with van der Waals surface area (Å²) in [7, 11) is 3.02. The first-order valence-electron chi connectivity index (χ1n) is 3.63. The summed E-state index contributed by atoms with van der Waals surface area (Å²) in [4.78, 5) is 14.7. The van der Waals surface area contributed by atoms with Crippen molar-refractivity contribution in [1.82, 2.24) is 9.55 Å². The molecule has 0 radical (unpaired) electrons. The highest BCUT2D eigenvalue weighted by atomic mass is 33.1. The van der Waals surface area contributed by atoms with E-state index in [2.05, 4.69) is 16.6 Å². The van der Waals surface area contributed by atoms with Gasteiger partial charge in [0.25, 0.3) is 0 Å². The summed E-state index contributed by atoms with van der Waals surface area (Å²) >= 11 is 4.05. The molecule has 6 heteroatoms. The Balaban J connectivity index is 3.06. The van der Waals surface area contributed by atoms with E-state index in [0.29, 0.717) is 0 Å². The third-order valence-corrected chi connectivity index (χ3v) is 3.24. The molecule has 0 amide bonds. The van der Waals surface area contributed by atoms with Crippen molar-refractivity contribution in [3.05, 3.63) is 17.7 Å². The van der Waals surface area contributed by atoms with E-state index in [9.17, 15) is 4.79 Å². The number of imidazole rings is 1. The smallest absolute Gasteiger partial charge is 0.354 e. The minimum Gasteiger partial charge on any atom is -0.477 e. The normalized spacial score (nSPS) is 12.8. The fourth-order valence-electron chi connectivity index (χ4n) is 1.05. The second-order valence-corrected chi connectivity index (χ2v) is 4.16. The molecule has 0 aliphatic heterocycles. The number of hydrogen-bond acceptors (Lipinski definition) is 4. The minimum absolute atomic E-state index is 0.0847. The van der Waals surface area contributed by atoms with Crippen LogP contribution in [0.1, 0.15) is 28.5 Å². The second kappa shape index (κ2) is 4.06.